The zero-order valence-corrected chi connectivity index (χ0v) is 13.1. The first-order valence-corrected chi connectivity index (χ1v) is 7.23. The highest BCUT2D eigenvalue weighted by Gasteiger charge is 2.20. The number of hydrogen-bond acceptors (Lipinski definition) is 2. The van der Waals surface area contributed by atoms with Crippen LogP contribution in [0, 0.1) is 0 Å². The molecule has 106 valence electrons. The van der Waals surface area contributed by atoms with Crippen LogP contribution in [0.2, 0.25) is 0 Å². The van der Waals surface area contributed by atoms with Crippen molar-refractivity contribution in [1.82, 2.24) is 0 Å². The molecule has 1 heterocycles. The minimum Gasteiger partial charge on any atom is -0.455 e. The number of nitrogens with one attached hydrogen (secondary N) is 1. The zero-order valence-electron chi connectivity index (χ0n) is 11.5. The molecule has 0 radical (unpaired) electrons. The summed E-state index contributed by atoms with van der Waals surface area (Å²) >= 11 is 3.41. The number of rotatable bonds is 5. The summed E-state index contributed by atoms with van der Waals surface area (Å²) in [5, 5.41) is 0. The molecule has 2 atom stereocenters. The lowest BCUT2D eigenvalue weighted by Gasteiger charge is -2.17. The fraction of sp³-hybridized carbons (Fsp3) is 0.267. The van der Waals surface area contributed by atoms with Gasteiger partial charge in [0.05, 0.1) is 7.05 Å². The van der Waals surface area contributed by atoms with Gasteiger partial charge in [0, 0.05) is 10.0 Å². The standard InChI is InChI=1S/C15H17BrN2O2/c1-10(15(17)19)18(2)9-13-7-8-14(20-13)11-3-5-12(16)6-4-11/h3-8,10H,9H2,1-2H3,(H2,17,19)/p+1/t10-/m0/s1. The van der Waals surface area contributed by atoms with E-state index in [1.54, 1.807) is 0 Å². The van der Waals surface area contributed by atoms with Crippen molar-refractivity contribution in [2.75, 3.05) is 7.05 Å². The first kappa shape index (κ1) is 14.8. The number of carbonyl (C=O) groups is 1. The molecule has 2 rings (SSSR count). The number of nitrogens with two attached hydrogens (primary N) is 1. The number of carbonyl (C=O) groups excluding carboxylic acids is 1. The molecule has 1 unspecified atom stereocenters. The Morgan fingerprint density at radius 1 is 1.30 bits per heavy atom. The van der Waals surface area contributed by atoms with Crippen LogP contribution in [0.25, 0.3) is 11.3 Å². The maximum Gasteiger partial charge on any atom is 0.275 e. The molecule has 2 aromatic rings. The third kappa shape index (κ3) is 3.49. The average molecular weight is 338 g/mol. The van der Waals surface area contributed by atoms with Crippen LogP contribution in [0.15, 0.2) is 45.3 Å². The molecule has 0 saturated heterocycles. The molecular weight excluding hydrogens is 320 g/mol. The van der Waals surface area contributed by atoms with Crippen molar-refractivity contribution < 1.29 is 14.1 Å². The maximum atomic E-state index is 11.2. The fourth-order valence-corrected chi connectivity index (χ4v) is 2.18. The Labute approximate surface area is 126 Å². The Bertz CT molecular complexity index is 592. The van der Waals surface area contributed by atoms with Crippen LogP contribution >= 0.6 is 15.9 Å². The van der Waals surface area contributed by atoms with Crippen LogP contribution in [0.3, 0.4) is 0 Å². The minimum atomic E-state index is -0.304. The van der Waals surface area contributed by atoms with E-state index in [1.165, 1.54) is 0 Å². The summed E-state index contributed by atoms with van der Waals surface area (Å²) in [6.07, 6.45) is 0. The summed E-state index contributed by atoms with van der Waals surface area (Å²) in [5.41, 5.74) is 6.33. The Hall–Kier alpha value is -1.59. The molecule has 0 aliphatic rings. The zero-order chi connectivity index (χ0) is 14.7. The molecule has 5 heteroatoms. The molecule has 1 amide bonds. The second-order valence-electron chi connectivity index (χ2n) is 4.92. The molecule has 0 aliphatic carbocycles. The Kier molecular flexibility index (Phi) is 4.62. The molecule has 0 aliphatic heterocycles. The highest BCUT2D eigenvalue weighted by atomic mass is 79.9. The van der Waals surface area contributed by atoms with Crippen molar-refractivity contribution in [2.24, 2.45) is 5.73 Å². The van der Waals surface area contributed by atoms with Gasteiger partial charge >= 0.3 is 0 Å². The van der Waals surface area contributed by atoms with Crippen molar-refractivity contribution in [3.63, 3.8) is 0 Å². The van der Waals surface area contributed by atoms with Crippen LogP contribution in [-0.4, -0.2) is 19.0 Å². The van der Waals surface area contributed by atoms with E-state index >= 15 is 0 Å². The van der Waals surface area contributed by atoms with Gasteiger partial charge in [-0.2, -0.15) is 0 Å². The van der Waals surface area contributed by atoms with Crippen molar-refractivity contribution in [2.45, 2.75) is 19.5 Å². The van der Waals surface area contributed by atoms with E-state index in [9.17, 15) is 4.79 Å². The van der Waals surface area contributed by atoms with Crippen molar-refractivity contribution in [3.05, 3.63) is 46.6 Å². The fourth-order valence-electron chi connectivity index (χ4n) is 1.91. The van der Waals surface area contributed by atoms with Crippen LogP contribution in [0.1, 0.15) is 12.7 Å². The number of primary amides is 1. The van der Waals surface area contributed by atoms with Gasteiger partial charge in [0.1, 0.15) is 12.3 Å². The van der Waals surface area contributed by atoms with E-state index in [0.29, 0.717) is 6.54 Å². The van der Waals surface area contributed by atoms with E-state index in [-0.39, 0.29) is 11.9 Å². The first-order chi connectivity index (χ1) is 9.47. The smallest absolute Gasteiger partial charge is 0.275 e. The lowest BCUT2D eigenvalue weighted by atomic mass is 10.2. The Balaban J connectivity index is 2.09. The summed E-state index contributed by atoms with van der Waals surface area (Å²) in [4.78, 5) is 12.2. The number of likely N-dealkylation sites (N-methyl/N-ethyl adjacent to an activating group) is 1. The van der Waals surface area contributed by atoms with Gasteiger partial charge < -0.3 is 15.1 Å². The van der Waals surface area contributed by atoms with Crippen LogP contribution in [0.4, 0.5) is 0 Å². The van der Waals surface area contributed by atoms with Gasteiger partial charge in [0.2, 0.25) is 0 Å². The first-order valence-electron chi connectivity index (χ1n) is 6.43. The third-order valence-corrected chi connectivity index (χ3v) is 3.94. The summed E-state index contributed by atoms with van der Waals surface area (Å²) in [6, 6.07) is 11.6. The topological polar surface area (TPSA) is 60.7 Å². The average Bonchev–Trinajstić information content (AvgIpc) is 2.87. The lowest BCUT2D eigenvalue weighted by molar-refractivity contribution is -0.908. The second kappa shape index (κ2) is 6.24. The number of hydrogen-bond donors (Lipinski definition) is 2. The normalized spacial score (nSPS) is 13.9. The SMILES string of the molecule is C[C@@H](C(N)=O)[NH+](C)Cc1ccc(-c2ccc(Br)cc2)o1. The van der Waals surface area contributed by atoms with E-state index < -0.39 is 0 Å². The summed E-state index contributed by atoms with van der Waals surface area (Å²) in [6.45, 7) is 2.44. The quantitative estimate of drug-likeness (QED) is 0.870. The van der Waals surface area contributed by atoms with Crippen LogP contribution < -0.4 is 10.6 Å². The van der Waals surface area contributed by atoms with Crippen LogP contribution in [0.5, 0.6) is 0 Å². The van der Waals surface area contributed by atoms with Crippen molar-refractivity contribution >= 4 is 21.8 Å². The Morgan fingerprint density at radius 3 is 2.55 bits per heavy atom. The molecule has 1 aromatic heterocycles. The highest BCUT2D eigenvalue weighted by molar-refractivity contribution is 9.10. The molecule has 4 nitrogen and oxygen atoms in total. The number of benzene rings is 1. The van der Waals surface area contributed by atoms with Crippen molar-refractivity contribution in [3.8, 4) is 11.3 Å². The molecule has 0 spiro atoms. The lowest BCUT2D eigenvalue weighted by Crippen LogP contribution is -3.12. The summed E-state index contributed by atoms with van der Waals surface area (Å²) < 4.78 is 6.86. The van der Waals surface area contributed by atoms with Gasteiger partial charge in [0.15, 0.2) is 11.8 Å². The van der Waals surface area contributed by atoms with Gasteiger partial charge in [0.25, 0.3) is 5.91 Å². The second-order valence-corrected chi connectivity index (χ2v) is 5.84. The number of amides is 1. The minimum absolute atomic E-state index is 0.240. The van der Waals surface area contributed by atoms with Gasteiger partial charge in [-0.1, -0.05) is 28.1 Å². The van der Waals surface area contributed by atoms with E-state index in [2.05, 4.69) is 15.9 Å². The molecule has 3 N–H and O–H groups in total. The number of furan rings is 1. The molecule has 20 heavy (non-hydrogen) atoms. The Morgan fingerprint density at radius 2 is 1.95 bits per heavy atom. The van der Waals surface area contributed by atoms with Gasteiger partial charge in [-0.05, 0) is 31.2 Å². The molecule has 0 saturated carbocycles. The molecular formula is C15H18BrN2O2+. The molecule has 0 bridgehead atoms. The predicted octanol–water partition coefficient (Wildman–Crippen LogP) is 1.60. The molecule has 1 aromatic carbocycles. The van der Waals surface area contributed by atoms with E-state index in [4.69, 9.17) is 10.2 Å². The predicted molar refractivity (Wildman–Crippen MR) is 81.1 cm³/mol. The van der Waals surface area contributed by atoms with Gasteiger partial charge in [-0.25, -0.2) is 0 Å². The van der Waals surface area contributed by atoms with E-state index in [0.717, 1.165) is 26.5 Å². The number of quaternary nitrogens is 1. The molecule has 0 fully saturated rings. The highest BCUT2D eigenvalue weighted by Crippen LogP contribution is 2.23. The number of halogens is 1. The van der Waals surface area contributed by atoms with Crippen LogP contribution in [-0.2, 0) is 11.3 Å². The summed E-state index contributed by atoms with van der Waals surface area (Å²) in [5.74, 6) is 1.36. The maximum absolute atomic E-state index is 11.2. The van der Waals surface area contributed by atoms with E-state index in [1.807, 2.05) is 50.4 Å². The third-order valence-electron chi connectivity index (χ3n) is 3.41. The van der Waals surface area contributed by atoms with Gasteiger partial charge in [-0.15, -0.1) is 0 Å². The summed E-state index contributed by atoms with van der Waals surface area (Å²) in [7, 11) is 1.93. The van der Waals surface area contributed by atoms with Crippen molar-refractivity contribution in [1.29, 1.82) is 0 Å². The largest absolute Gasteiger partial charge is 0.455 e. The van der Waals surface area contributed by atoms with Gasteiger partial charge in [-0.3, -0.25) is 4.79 Å². The monoisotopic (exact) mass is 337 g/mol.